The number of ether oxygens (including phenoxy) is 6. The summed E-state index contributed by atoms with van der Waals surface area (Å²) < 4.78 is 33.5. The van der Waals surface area contributed by atoms with Gasteiger partial charge < -0.3 is 38.7 Å². The predicted molar refractivity (Wildman–Crippen MR) is 216 cm³/mol. The fraction of sp³-hybridized carbons (Fsp3) is 0.349. The molecule has 1 fully saturated rings. The fourth-order valence-corrected chi connectivity index (χ4v) is 6.63. The maximum atomic E-state index is 13.0. The number of nitrogens with one attached hydrogen (secondary N) is 3. The maximum absolute atomic E-state index is 13.0. The van der Waals surface area contributed by atoms with Crippen molar-refractivity contribution in [3.8, 4) is 28.1 Å². The van der Waals surface area contributed by atoms with Gasteiger partial charge >= 0.3 is 0 Å². The van der Waals surface area contributed by atoms with E-state index in [-0.39, 0.29) is 30.6 Å². The highest BCUT2D eigenvalue weighted by atomic mass is 16.6. The molecule has 2 aliphatic rings. The average Bonchev–Trinajstić information content (AvgIpc) is 3.80. The molecule has 3 N–H and O–H groups in total. The molecule has 16 heteroatoms. The molecule has 16 nitrogen and oxygen atoms in total. The Kier molecular flexibility index (Phi) is 14.4. The molecule has 0 aliphatic carbocycles. The summed E-state index contributed by atoms with van der Waals surface area (Å²) in [6.45, 7) is 5.12. The molecule has 3 aromatic heterocycles. The number of anilines is 1. The fourth-order valence-electron chi connectivity index (χ4n) is 6.63. The third kappa shape index (κ3) is 10.9. The number of hydrogen-bond donors (Lipinski definition) is 3. The van der Waals surface area contributed by atoms with Gasteiger partial charge in [-0.3, -0.25) is 34.4 Å². The molecule has 2 aromatic carbocycles. The zero-order valence-corrected chi connectivity index (χ0v) is 32.5. The first-order valence-electron chi connectivity index (χ1n) is 19.6. The number of carbonyl (C=O) groups excluding carboxylic acids is 4. The summed E-state index contributed by atoms with van der Waals surface area (Å²) in [5.74, 6) is -1.04. The van der Waals surface area contributed by atoms with E-state index in [9.17, 15) is 19.2 Å². The second kappa shape index (κ2) is 20.6. The van der Waals surface area contributed by atoms with Crippen molar-refractivity contribution >= 4 is 40.3 Å². The number of rotatable bonds is 23. The molecule has 2 aliphatic heterocycles. The number of aromatic amines is 1. The number of fused-ring (bicyclic) bond motifs is 2. The van der Waals surface area contributed by atoms with Gasteiger partial charge in [-0.1, -0.05) is 24.3 Å². The summed E-state index contributed by atoms with van der Waals surface area (Å²) in [5.41, 5.74) is 5.68. The molecular weight excluding hydrogens is 761 g/mol. The van der Waals surface area contributed by atoms with Crippen molar-refractivity contribution in [3.63, 3.8) is 0 Å². The minimum absolute atomic E-state index is 0.0616. The summed E-state index contributed by atoms with van der Waals surface area (Å²) in [6.07, 6.45) is 5.65. The van der Waals surface area contributed by atoms with Gasteiger partial charge in [0.05, 0.1) is 88.9 Å². The van der Waals surface area contributed by atoms with Crippen LogP contribution in [-0.2, 0) is 33.3 Å². The first-order chi connectivity index (χ1) is 28.9. The van der Waals surface area contributed by atoms with Gasteiger partial charge in [-0.2, -0.15) is 0 Å². The average molecular weight is 807 g/mol. The first kappa shape index (κ1) is 41.1. The van der Waals surface area contributed by atoms with Crippen molar-refractivity contribution < 1.29 is 47.6 Å². The minimum atomic E-state index is -1.01. The highest BCUT2D eigenvalue weighted by Crippen LogP contribution is 2.31. The van der Waals surface area contributed by atoms with Crippen LogP contribution in [0.15, 0.2) is 85.3 Å². The van der Waals surface area contributed by atoms with E-state index in [4.69, 9.17) is 28.4 Å². The summed E-state index contributed by atoms with van der Waals surface area (Å²) >= 11 is 0. The van der Waals surface area contributed by atoms with Crippen LogP contribution < -0.4 is 15.4 Å². The van der Waals surface area contributed by atoms with Gasteiger partial charge in [0, 0.05) is 42.0 Å². The summed E-state index contributed by atoms with van der Waals surface area (Å²) in [5, 5.41) is 6.60. The molecule has 1 saturated heterocycles. The van der Waals surface area contributed by atoms with Crippen LogP contribution in [0.25, 0.3) is 33.3 Å². The topological polar surface area (TPSA) is 193 Å². The van der Waals surface area contributed by atoms with Gasteiger partial charge in [0.15, 0.2) is 0 Å². The second-order valence-electron chi connectivity index (χ2n) is 13.6. The van der Waals surface area contributed by atoms with Gasteiger partial charge in [0.2, 0.25) is 11.8 Å². The van der Waals surface area contributed by atoms with Crippen LogP contribution in [-0.4, -0.2) is 129 Å². The Balaban J connectivity index is 0.649. The lowest BCUT2D eigenvalue weighted by Crippen LogP contribution is -2.54. The Labute approximate surface area is 340 Å². The lowest BCUT2D eigenvalue weighted by atomic mass is 10.0. The zero-order valence-electron chi connectivity index (χ0n) is 32.5. The lowest BCUT2D eigenvalue weighted by Gasteiger charge is -2.27. The third-order valence-corrected chi connectivity index (χ3v) is 9.66. The van der Waals surface area contributed by atoms with Crippen LogP contribution in [0.5, 0.6) is 5.75 Å². The van der Waals surface area contributed by atoms with Crippen molar-refractivity contribution in [2.45, 2.75) is 18.9 Å². The number of aromatic nitrogens is 3. The summed E-state index contributed by atoms with van der Waals surface area (Å²) in [4.78, 5) is 62.5. The van der Waals surface area contributed by atoms with Crippen LogP contribution in [0.4, 0.5) is 5.82 Å². The number of nitrogens with zero attached hydrogens (tertiary/aromatic N) is 3. The first-order valence-corrected chi connectivity index (χ1v) is 19.6. The van der Waals surface area contributed by atoms with Crippen molar-refractivity contribution in [1.29, 1.82) is 0 Å². The van der Waals surface area contributed by atoms with E-state index in [1.165, 1.54) is 12.1 Å². The monoisotopic (exact) mass is 806 g/mol. The molecule has 0 bridgehead atoms. The van der Waals surface area contributed by atoms with Crippen LogP contribution in [0, 0.1) is 0 Å². The molecular formula is C43H46N6O10. The number of pyridine rings is 2. The molecule has 0 saturated carbocycles. The second-order valence-corrected chi connectivity index (χ2v) is 13.6. The molecule has 1 unspecified atom stereocenters. The van der Waals surface area contributed by atoms with E-state index < -0.39 is 29.7 Å². The van der Waals surface area contributed by atoms with Gasteiger partial charge in [-0.05, 0) is 60.0 Å². The molecule has 0 spiro atoms. The normalized spacial score (nSPS) is 15.2. The van der Waals surface area contributed by atoms with Gasteiger partial charge in [-0.15, -0.1) is 0 Å². The quantitative estimate of drug-likeness (QED) is 0.0627. The Bertz CT molecular complexity index is 2180. The number of imide groups is 2. The van der Waals surface area contributed by atoms with Gasteiger partial charge in [0.1, 0.15) is 24.2 Å². The smallest absolute Gasteiger partial charge is 0.262 e. The number of benzene rings is 2. The molecule has 5 heterocycles. The molecule has 59 heavy (non-hydrogen) atoms. The van der Waals surface area contributed by atoms with E-state index in [0.717, 1.165) is 44.0 Å². The van der Waals surface area contributed by atoms with E-state index in [1.807, 2.05) is 24.5 Å². The highest BCUT2D eigenvalue weighted by Gasteiger charge is 2.44. The van der Waals surface area contributed by atoms with E-state index in [0.29, 0.717) is 78.4 Å². The SMILES string of the molecule is O=C1CCC(N2C(=O)c3ccc(OCCOCCOCCOCCOCCOCCNc4ccc(-c5ccc(-c6cc7ccncc7[nH]6)cc5)cn4)cc3C2=O)C(=O)N1. The van der Waals surface area contributed by atoms with Crippen LogP contribution in [0.1, 0.15) is 33.6 Å². The number of H-pyrrole nitrogens is 1. The number of piperidine rings is 1. The Morgan fingerprint density at radius 2 is 1.31 bits per heavy atom. The van der Waals surface area contributed by atoms with Crippen molar-refractivity contribution in [1.82, 2.24) is 25.2 Å². The molecule has 7 rings (SSSR count). The molecule has 1 atom stereocenters. The standard InChI is InChI=1S/C43H46N6O10/c50-40-10-8-38(41(51)48-40)49-42(52)34-7-6-33(26-35(34)43(49)53)59-24-23-58-22-21-57-20-19-56-18-17-55-16-15-54-14-13-45-39-9-5-32(27-46-39)29-1-3-30(4-2-29)36-25-31-11-12-44-28-37(31)47-36/h1-7,9,11-12,25-28,38,47H,8,10,13-24H2,(H,45,46)(H,48,50,51). The van der Waals surface area contributed by atoms with Crippen molar-refractivity contribution in [2.24, 2.45) is 0 Å². The molecule has 308 valence electrons. The Hall–Kier alpha value is -6.04. The molecule has 5 aromatic rings. The van der Waals surface area contributed by atoms with Crippen molar-refractivity contribution in [3.05, 3.63) is 96.4 Å². The molecule has 0 radical (unpaired) electrons. The van der Waals surface area contributed by atoms with Crippen LogP contribution >= 0.6 is 0 Å². The van der Waals surface area contributed by atoms with E-state index in [2.05, 4.69) is 62.0 Å². The number of amides is 4. The maximum Gasteiger partial charge on any atom is 0.262 e. The largest absolute Gasteiger partial charge is 0.491 e. The predicted octanol–water partition coefficient (Wildman–Crippen LogP) is 4.27. The summed E-state index contributed by atoms with van der Waals surface area (Å²) in [6, 6.07) is 20.1. The minimum Gasteiger partial charge on any atom is -0.491 e. The lowest BCUT2D eigenvalue weighted by molar-refractivity contribution is -0.136. The Morgan fingerprint density at radius 3 is 1.97 bits per heavy atom. The third-order valence-electron chi connectivity index (χ3n) is 9.66. The highest BCUT2D eigenvalue weighted by molar-refractivity contribution is 6.23. The number of carbonyl (C=O) groups is 4. The van der Waals surface area contributed by atoms with Crippen molar-refractivity contribution in [2.75, 3.05) is 84.5 Å². The van der Waals surface area contributed by atoms with Crippen LogP contribution in [0.3, 0.4) is 0 Å². The van der Waals surface area contributed by atoms with Gasteiger partial charge in [0.25, 0.3) is 11.8 Å². The zero-order chi connectivity index (χ0) is 40.8. The van der Waals surface area contributed by atoms with E-state index >= 15 is 0 Å². The Morgan fingerprint density at radius 1 is 0.661 bits per heavy atom. The van der Waals surface area contributed by atoms with E-state index in [1.54, 1.807) is 12.3 Å². The van der Waals surface area contributed by atoms with Crippen LogP contribution in [0.2, 0.25) is 0 Å². The molecule has 4 amide bonds. The summed E-state index contributed by atoms with van der Waals surface area (Å²) in [7, 11) is 0. The number of hydrogen-bond acceptors (Lipinski definition) is 13. The van der Waals surface area contributed by atoms with Gasteiger partial charge in [-0.25, -0.2) is 4.98 Å².